The second kappa shape index (κ2) is 8.74. The summed E-state index contributed by atoms with van der Waals surface area (Å²) in [4.78, 5) is 2.41. The average Bonchev–Trinajstić information content (AvgIpc) is 3.29. The number of benzene rings is 4. The SMILES string of the molecule is CC1(C)C(/C=C/C=C2/N(c3ccccc3)c3ccccc3C2(C)C)=[N+](c2ccccc2)c2ccccc21. The summed E-state index contributed by atoms with van der Waals surface area (Å²) < 4.78 is 2.41. The van der Waals surface area contributed by atoms with Crippen molar-refractivity contribution < 1.29 is 0 Å². The van der Waals surface area contributed by atoms with Gasteiger partial charge in [0.25, 0.3) is 0 Å². The quantitative estimate of drug-likeness (QED) is 0.264. The molecule has 0 aliphatic carbocycles. The highest BCUT2D eigenvalue weighted by Gasteiger charge is 2.45. The van der Waals surface area contributed by atoms with E-state index in [2.05, 4.69) is 165 Å². The van der Waals surface area contributed by atoms with Crippen molar-refractivity contribution in [2.45, 2.75) is 38.5 Å². The van der Waals surface area contributed by atoms with Crippen LogP contribution in [0.15, 0.2) is 133 Å². The predicted octanol–water partition coefficient (Wildman–Crippen LogP) is 8.82. The Morgan fingerprint density at radius 1 is 0.622 bits per heavy atom. The van der Waals surface area contributed by atoms with Crippen molar-refractivity contribution in [3.05, 3.63) is 144 Å². The molecule has 0 N–H and O–H groups in total. The molecule has 2 nitrogen and oxygen atoms in total. The van der Waals surface area contributed by atoms with Crippen LogP contribution in [0.3, 0.4) is 0 Å². The molecular formula is C35H33N2+. The molecule has 0 bridgehead atoms. The van der Waals surface area contributed by atoms with Gasteiger partial charge in [0.2, 0.25) is 11.4 Å². The standard InChI is InChI=1S/C35H33N2/c1-34(2)28-20-11-13-22-30(28)36(26-16-7-5-8-17-26)32(34)24-15-25-33-35(3,4)29-21-12-14-23-31(29)37(33)27-18-9-6-10-19-27/h5-25H,1-4H3/q+1. The van der Waals surface area contributed by atoms with Crippen LogP contribution in [0.2, 0.25) is 0 Å². The Bertz CT molecular complexity index is 1550. The van der Waals surface area contributed by atoms with Crippen LogP contribution in [0.5, 0.6) is 0 Å². The molecule has 2 aliphatic heterocycles. The molecule has 0 radical (unpaired) electrons. The minimum absolute atomic E-state index is 0.116. The van der Waals surface area contributed by atoms with Gasteiger partial charge in [-0.25, -0.2) is 0 Å². The highest BCUT2D eigenvalue weighted by atomic mass is 15.2. The second-order valence-corrected chi connectivity index (χ2v) is 10.9. The first kappa shape index (κ1) is 23.2. The Hall–Kier alpha value is -4.17. The number of anilines is 2. The van der Waals surface area contributed by atoms with Crippen LogP contribution < -0.4 is 9.48 Å². The van der Waals surface area contributed by atoms with Crippen molar-refractivity contribution in [3.63, 3.8) is 0 Å². The van der Waals surface area contributed by atoms with Crippen LogP contribution in [0, 0.1) is 0 Å². The maximum Gasteiger partial charge on any atom is 0.215 e. The van der Waals surface area contributed by atoms with Gasteiger partial charge in [0.1, 0.15) is 0 Å². The first-order valence-electron chi connectivity index (χ1n) is 13.1. The first-order valence-corrected chi connectivity index (χ1v) is 13.1. The monoisotopic (exact) mass is 481 g/mol. The van der Waals surface area contributed by atoms with Crippen LogP contribution in [0.25, 0.3) is 0 Å². The predicted molar refractivity (Wildman–Crippen MR) is 158 cm³/mol. The van der Waals surface area contributed by atoms with Crippen LogP contribution in [0.1, 0.15) is 38.8 Å². The Morgan fingerprint density at radius 2 is 1.22 bits per heavy atom. The van der Waals surface area contributed by atoms with E-state index in [1.54, 1.807) is 0 Å². The number of allylic oxidation sites excluding steroid dienone is 4. The van der Waals surface area contributed by atoms with E-state index in [-0.39, 0.29) is 10.8 Å². The zero-order chi connectivity index (χ0) is 25.6. The molecule has 2 heteroatoms. The van der Waals surface area contributed by atoms with Gasteiger partial charge >= 0.3 is 0 Å². The molecule has 182 valence electrons. The van der Waals surface area contributed by atoms with Gasteiger partial charge < -0.3 is 4.90 Å². The number of para-hydroxylation sites is 4. The summed E-state index contributed by atoms with van der Waals surface area (Å²) in [5.74, 6) is 0. The second-order valence-electron chi connectivity index (χ2n) is 10.9. The van der Waals surface area contributed by atoms with Crippen molar-refractivity contribution in [2.75, 3.05) is 4.90 Å². The third-order valence-electron chi connectivity index (χ3n) is 7.94. The summed E-state index contributed by atoms with van der Waals surface area (Å²) in [5.41, 5.74) is 9.91. The molecule has 4 aromatic carbocycles. The van der Waals surface area contributed by atoms with Gasteiger partial charge in [0.05, 0.1) is 5.41 Å². The maximum atomic E-state index is 2.41. The largest absolute Gasteiger partial charge is 0.313 e. The summed E-state index contributed by atoms with van der Waals surface area (Å²) >= 11 is 0. The van der Waals surface area contributed by atoms with Crippen molar-refractivity contribution in [3.8, 4) is 0 Å². The minimum Gasteiger partial charge on any atom is -0.313 e. The number of nitrogens with zero attached hydrogens (tertiary/aromatic N) is 2. The van der Waals surface area contributed by atoms with E-state index < -0.39 is 0 Å². The molecule has 6 rings (SSSR count). The molecule has 4 aromatic rings. The Morgan fingerprint density at radius 3 is 1.95 bits per heavy atom. The van der Waals surface area contributed by atoms with Crippen molar-refractivity contribution in [1.82, 2.24) is 4.58 Å². The highest BCUT2D eigenvalue weighted by molar-refractivity contribution is 6.10. The molecule has 0 saturated carbocycles. The normalized spacial score (nSPS) is 18.5. The molecular weight excluding hydrogens is 448 g/mol. The van der Waals surface area contributed by atoms with Crippen molar-refractivity contribution in [2.24, 2.45) is 0 Å². The highest BCUT2D eigenvalue weighted by Crippen LogP contribution is 2.51. The van der Waals surface area contributed by atoms with Gasteiger partial charge in [-0.2, -0.15) is 4.58 Å². The van der Waals surface area contributed by atoms with Gasteiger partial charge in [-0.05, 0) is 43.7 Å². The molecule has 37 heavy (non-hydrogen) atoms. The lowest BCUT2D eigenvalue weighted by Crippen LogP contribution is -2.27. The lowest BCUT2D eigenvalue weighted by atomic mass is 9.81. The lowest BCUT2D eigenvalue weighted by molar-refractivity contribution is 0.644. The number of rotatable bonds is 4. The molecule has 0 aromatic heterocycles. The first-order chi connectivity index (χ1) is 17.9. The van der Waals surface area contributed by atoms with Crippen LogP contribution in [-0.4, -0.2) is 5.71 Å². The van der Waals surface area contributed by atoms with Gasteiger partial charge in [-0.3, -0.25) is 0 Å². The molecule has 0 amide bonds. The lowest BCUT2D eigenvalue weighted by Gasteiger charge is -2.27. The van der Waals surface area contributed by atoms with E-state index in [1.807, 2.05) is 0 Å². The van der Waals surface area contributed by atoms with E-state index in [4.69, 9.17) is 0 Å². The van der Waals surface area contributed by atoms with Crippen LogP contribution in [0.4, 0.5) is 22.7 Å². The zero-order valence-corrected chi connectivity index (χ0v) is 22.0. The number of hydrogen-bond acceptors (Lipinski definition) is 1. The zero-order valence-electron chi connectivity index (χ0n) is 22.0. The Balaban J connectivity index is 1.50. The molecule has 0 spiro atoms. The fourth-order valence-corrected chi connectivity index (χ4v) is 6.00. The van der Waals surface area contributed by atoms with Gasteiger partial charge in [-0.15, -0.1) is 0 Å². The van der Waals surface area contributed by atoms with E-state index >= 15 is 0 Å². The molecule has 2 heterocycles. The third kappa shape index (κ3) is 3.67. The van der Waals surface area contributed by atoms with E-state index in [9.17, 15) is 0 Å². The number of fused-ring (bicyclic) bond motifs is 2. The average molecular weight is 482 g/mol. The topological polar surface area (TPSA) is 6.25 Å². The fourth-order valence-electron chi connectivity index (χ4n) is 6.00. The van der Waals surface area contributed by atoms with Crippen molar-refractivity contribution in [1.29, 1.82) is 0 Å². The summed E-state index contributed by atoms with van der Waals surface area (Å²) in [5, 5.41) is 0. The molecule has 0 fully saturated rings. The van der Waals surface area contributed by atoms with Gasteiger partial charge in [0, 0.05) is 52.3 Å². The molecule has 2 aliphatic rings. The Labute approximate surface area is 220 Å². The van der Waals surface area contributed by atoms with E-state index in [0.29, 0.717) is 0 Å². The molecule has 0 saturated heterocycles. The Kier molecular flexibility index (Phi) is 5.49. The van der Waals surface area contributed by atoms with Crippen LogP contribution >= 0.6 is 0 Å². The van der Waals surface area contributed by atoms with Crippen LogP contribution in [-0.2, 0) is 10.8 Å². The third-order valence-corrected chi connectivity index (χ3v) is 7.94. The summed E-state index contributed by atoms with van der Waals surface area (Å²) in [6.07, 6.45) is 6.86. The summed E-state index contributed by atoms with van der Waals surface area (Å²) in [6, 6.07) is 38.9. The van der Waals surface area contributed by atoms with Gasteiger partial charge in [-0.1, -0.05) is 92.7 Å². The maximum absolute atomic E-state index is 2.41. The summed E-state index contributed by atoms with van der Waals surface area (Å²) in [7, 11) is 0. The number of hydrogen-bond donors (Lipinski definition) is 0. The van der Waals surface area contributed by atoms with E-state index in [0.717, 1.165) is 0 Å². The van der Waals surface area contributed by atoms with E-state index in [1.165, 1.54) is 45.3 Å². The minimum atomic E-state index is -0.116. The summed E-state index contributed by atoms with van der Waals surface area (Å²) in [6.45, 7) is 9.31. The molecule has 0 atom stereocenters. The molecule has 0 unspecified atom stereocenters. The van der Waals surface area contributed by atoms with Gasteiger partial charge in [0.15, 0.2) is 5.71 Å². The fraction of sp³-hybridized carbons (Fsp3) is 0.171. The van der Waals surface area contributed by atoms with Crippen molar-refractivity contribution >= 4 is 28.5 Å². The smallest absolute Gasteiger partial charge is 0.215 e.